The van der Waals surface area contributed by atoms with Gasteiger partial charge in [0, 0.05) is 25.0 Å². The summed E-state index contributed by atoms with van der Waals surface area (Å²) in [5.41, 5.74) is 5.52. The fourth-order valence-electron chi connectivity index (χ4n) is 4.29. The number of benzene rings is 3. The van der Waals surface area contributed by atoms with Gasteiger partial charge >= 0.3 is 0 Å². The van der Waals surface area contributed by atoms with E-state index in [0.717, 1.165) is 10.8 Å². The van der Waals surface area contributed by atoms with Crippen molar-refractivity contribution in [3.05, 3.63) is 84.6 Å². The second-order valence-electron chi connectivity index (χ2n) is 8.53. The van der Waals surface area contributed by atoms with Crippen LogP contribution in [0.25, 0.3) is 10.8 Å². The quantitative estimate of drug-likeness (QED) is 0.412. The van der Waals surface area contributed by atoms with Crippen LogP contribution in [0.1, 0.15) is 16.8 Å². The lowest BCUT2D eigenvalue weighted by Gasteiger charge is -2.47. The van der Waals surface area contributed by atoms with Gasteiger partial charge in [0.1, 0.15) is 11.1 Å². The molecule has 35 heavy (non-hydrogen) atoms. The Kier molecular flexibility index (Phi) is 5.51. The summed E-state index contributed by atoms with van der Waals surface area (Å²) in [6.07, 6.45) is 1.49. The molecule has 0 saturated carbocycles. The normalized spacial score (nSPS) is 15.3. The van der Waals surface area contributed by atoms with Crippen molar-refractivity contribution in [3.63, 3.8) is 0 Å². The van der Waals surface area contributed by atoms with Crippen LogP contribution in [0.4, 0.5) is 11.5 Å². The van der Waals surface area contributed by atoms with Crippen molar-refractivity contribution < 1.29 is 13.2 Å². The Balaban J connectivity index is 1.45. The first-order valence-corrected chi connectivity index (χ1v) is 12.3. The van der Waals surface area contributed by atoms with E-state index in [9.17, 15) is 18.5 Å². The molecule has 10 heteroatoms. The Bertz CT molecular complexity index is 1570. The molecule has 0 atom stereocenters. The van der Waals surface area contributed by atoms with Crippen LogP contribution in [0.15, 0.2) is 83.9 Å². The first-order chi connectivity index (χ1) is 16.8. The zero-order chi connectivity index (χ0) is 24.6. The number of carbonyl (C=O) groups is 1. The number of nitrogens with zero attached hydrogens (tertiary/aromatic N) is 4. The first kappa shape index (κ1) is 22.6. The van der Waals surface area contributed by atoms with Gasteiger partial charge in [-0.3, -0.25) is 9.48 Å². The molecule has 176 valence electrons. The third-order valence-electron chi connectivity index (χ3n) is 6.21. The molecular weight excluding hydrogens is 464 g/mol. The summed E-state index contributed by atoms with van der Waals surface area (Å²) in [6, 6.07) is 23.8. The van der Waals surface area contributed by atoms with Gasteiger partial charge in [-0.1, -0.05) is 48.5 Å². The summed E-state index contributed by atoms with van der Waals surface area (Å²) in [6.45, 7) is 0.0841. The number of sulfonamides is 1. The number of aromatic nitrogens is 2. The van der Waals surface area contributed by atoms with Gasteiger partial charge < -0.3 is 11.1 Å². The van der Waals surface area contributed by atoms with Crippen molar-refractivity contribution in [2.75, 3.05) is 18.4 Å². The standard InChI is InChI=1S/C25H22N6O3S/c26-13-12-25(31-15-22(23(27)32)24(29-31)28-20-8-2-1-3-9-20)16-30(17-25)35(33,34)21-11-10-18-6-4-5-7-19(18)14-21/h1-11,14-15H,12,16-17H2,(H2,27,32)(H,28,29). The first-order valence-electron chi connectivity index (χ1n) is 10.9. The number of hydrogen-bond donors (Lipinski definition) is 2. The molecule has 1 aliphatic heterocycles. The summed E-state index contributed by atoms with van der Waals surface area (Å²) in [5.74, 6) is -0.432. The van der Waals surface area contributed by atoms with Crippen molar-refractivity contribution >= 4 is 38.2 Å². The second kappa shape index (κ2) is 8.54. The van der Waals surface area contributed by atoms with Crippen LogP contribution in [0, 0.1) is 11.3 Å². The molecule has 1 aromatic heterocycles. The molecule has 4 aromatic rings. The van der Waals surface area contributed by atoms with E-state index in [1.54, 1.807) is 18.2 Å². The number of amides is 1. The van der Waals surface area contributed by atoms with E-state index in [1.807, 2.05) is 54.6 Å². The van der Waals surface area contributed by atoms with Gasteiger partial charge in [0.2, 0.25) is 10.0 Å². The molecular formula is C25H22N6O3S. The molecule has 1 aliphatic rings. The molecule has 3 N–H and O–H groups in total. The maximum atomic E-state index is 13.3. The van der Waals surface area contributed by atoms with E-state index >= 15 is 0 Å². The van der Waals surface area contributed by atoms with Crippen LogP contribution in [0.2, 0.25) is 0 Å². The number of carbonyl (C=O) groups excluding carboxylic acids is 1. The summed E-state index contributed by atoms with van der Waals surface area (Å²) in [5, 5.41) is 18.9. The van der Waals surface area contributed by atoms with Gasteiger partial charge in [-0.2, -0.15) is 14.7 Å². The minimum absolute atomic E-state index is 0.0153. The number of para-hydroxylation sites is 1. The Morgan fingerprint density at radius 2 is 1.74 bits per heavy atom. The molecule has 0 aliphatic carbocycles. The number of nitrogens with one attached hydrogen (secondary N) is 1. The van der Waals surface area contributed by atoms with E-state index in [1.165, 1.54) is 15.2 Å². The maximum absolute atomic E-state index is 13.3. The van der Waals surface area contributed by atoms with E-state index in [0.29, 0.717) is 5.69 Å². The topological polar surface area (TPSA) is 134 Å². The largest absolute Gasteiger partial charge is 0.365 e. The van der Waals surface area contributed by atoms with Gasteiger partial charge in [0.05, 0.1) is 17.4 Å². The van der Waals surface area contributed by atoms with Gasteiger partial charge in [0.15, 0.2) is 5.82 Å². The second-order valence-corrected chi connectivity index (χ2v) is 10.5. The smallest absolute Gasteiger partial charge is 0.254 e. The number of hydrogen-bond acceptors (Lipinski definition) is 6. The molecule has 2 heterocycles. The summed E-state index contributed by atoms with van der Waals surface area (Å²) in [7, 11) is -3.78. The van der Waals surface area contributed by atoms with Crippen LogP contribution in [-0.2, 0) is 15.6 Å². The predicted molar refractivity (Wildman–Crippen MR) is 131 cm³/mol. The molecule has 1 fully saturated rings. The molecule has 0 radical (unpaired) electrons. The number of rotatable bonds is 7. The lowest BCUT2D eigenvalue weighted by Crippen LogP contribution is -2.64. The lowest BCUT2D eigenvalue weighted by atomic mass is 9.89. The highest BCUT2D eigenvalue weighted by atomic mass is 32.2. The molecule has 0 unspecified atom stereocenters. The Labute approximate surface area is 202 Å². The average Bonchev–Trinajstić information content (AvgIpc) is 3.25. The van der Waals surface area contributed by atoms with Crippen LogP contribution in [-0.4, -0.2) is 41.5 Å². The number of primary amides is 1. The maximum Gasteiger partial charge on any atom is 0.254 e. The molecule has 5 rings (SSSR count). The van der Waals surface area contributed by atoms with Gasteiger partial charge in [0.25, 0.3) is 5.91 Å². The van der Waals surface area contributed by atoms with Crippen LogP contribution < -0.4 is 11.1 Å². The molecule has 3 aromatic carbocycles. The SMILES string of the molecule is N#CCC1(n2cc(C(N)=O)c(Nc3ccccc3)n2)CN(S(=O)(=O)c2ccc3ccccc3c2)C1. The number of anilines is 2. The van der Waals surface area contributed by atoms with Crippen molar-refractivity contribution in [2.24, 2.45) is 5.73 Å². The Morgan fingerprint density at radius 3 is 2.43 bits per heavy atom. The van der Waals surface area contributed by atoms with Crippen molar-refractivity contribution in [1.29, 1.82) is 5.26 Å². The van der Waals surface area contributed by atoms with E-state index in [4.69, 9.17) is 5.73 Å². The Hall–Kier alpha value is -4.20. The molecule has 0 spiro atoms. The molecule has 1 saturated heterocycles. The van der Waals surface area contributed by atoms with Crippen molar-refractivity contribution in [3.8, 4) is 6.07 Å². The monoisotopic (exact) mass is 486 g/mol. The van der Waals surface area contributed by atoms with Crippen LogP contribution >= 0.6 is 0 Å². The summed E-state index contributed by atoms with van der Waals surface area (Å²) >= 11 is 0. The van der Waals surface area contributed by atoms with E-state index in [-0.39, 0.29) is 35.8 Å². The molecule has 1 amide bonds. The van der Waals surface area contributed by atoms with Gasteiger partial charge in [-0.15, -0.1) is 0 Å². The predicted octanol–water partition coefficient (Wildman–Crippen LogP) is 3.19. The molecule has 9 nitrogen and oxygen atoms in total. The van der Waals surface area contributed by atoms with Crippen molar-refractivity contribution in [1.82, 2.24) is 14.1 Å². The Morgan fingerprint density at radius 1 is 1.06 bits per heavy atom. The van der Waals surface area contributed by atoms with Crippen LogP contribution in [0.3, 0.4) is 0 Å². The zero-order valence-corrected chi connectivity index (χ0v) is 19.4. The number of nitrogens with two attached hydrogens (primary N) is 1. The lowest BCUT2D eigenvalue weighted by molar-refractivity contribution is 0.0718. The van der Waals surface area contributed by atoms with E-state index in [2.05, 4.69) is 16.5 Å². The van der Waals surface area contributed by atoms with Gasteiger partial charge in [-0.25, -0.2) is 8.42 Å². The minimum atomic E-state index is -3.78. The van der Waals surface area contributed by atoms with E-state index < -0.39 is 21.5 Å². The van der Waals surface area contributed by atoms with Crippen molar-refractivity contribution in [2.45, 2.75) is 16.9 Å². The summed E-state index contributed by atoms with van der Waals surface area (Å²) in [4.78, 5) is 12.3. The minimum Gasteiger partial charge on any atom is -0.365 e. The van der Waals surface area contributed by atoms with Gasteiger partial charge in [-0.05, 0) is 35.0 Å². The third-order valence-corrected chi connectivity index (χ3v) is 8.00. The fraction of sp³-hybridized carbons (Fsp3) is 0.160. The highest BCUT2D eigenvalue weighted by Crippen LogP contribution is 2.38. The van der Waals surface area contributed by atoms with Crippen LogP contribution in [0.5, 0.6) is 0 Å². The fourth-order valence-corrected chi connectivity index (χ4v) is 5.92. The average molecular weight is 487 g/mol. The zero-order valence-electron chi connectivity index (χ0n) is 18.6. The highest BCUT2D eigenvalue weighted by Gasteiger charge is 2.51. The number of nitriles is 1. The third kappa shape index (κ3) is 4.01. The summed E-state index contributed by atoms with van der Waals surface area (Å²) < 4.78 is 29.5. The molecule has 0 bridgehead atoms. The highest BCUT2D eigenvalue weighted by molar-refractivity contribution is 7.89. The number of fused-ring (bicyclic) bond motifs is 1.